The fourth-order valence-corrected chi connectivity index (χ4v) is 2.78. The molecule has 2 N–H and O–H groups in total. The summed E-state index contributed by atoms with van der Waals surface area (Å²) < 4.78 is 10.6. The third-order valence-electron chi connectivity index (χ3n) is 4.16. The molecule has 2 amide bonds. The zero-order valence-electron chi connectivity index (χ0n) is 17.2. The molecule has 0 saturated carbocycles. The molecule has 33 heavy (non-hydrogen) atoms. The molecule has 0 atom stereocenters. The smallest absolute Gasteiger partial charge is 0.343 e. The minimum absolute atomic E-state index is 0.195. The average Bonchev–Trinajstić information content (AvgIpc) is 2.81. The van der Waals surface area contributed by atoms with Crippen LogP contribution in [0.5, 0.6) is 11.5 Å². The number of rotatable bonds is 6. The third kappa shape index (κ3) is 6.80. The number of esters is 1. The van der Waals surface area contributed by atoms with E-state index in [0.29, 0.717) is 26.9 Å². The summed E-state index contributed by atoms with van der Waals surface area (Å²) in [5.74, 6) is -1.96. The van der Waals surface area contributed by atoms with Crippen LogP contribution < -0.4 is 20.2 Å². The van der Waals surface area contributed by atoms with Crippen molar-refractivity contribution in [2.75, 3.05) is 12.4 Å². The molecule has 3 aromatic rings. The van der Waals surface area contributed by atoms with Crippen molar-refractivity contribution in [2.24, 2.45) is 5.10 Å². The van der Waals surface area contributed by atoms with Gasteiger partial charge >= 0.3 is 17.8 Å². The Hall–Kier alpha value is -3.88. The first kappa shape index (κ1) is 23.8. The van der Waals surface area contributed by atoms with E-state index in [4.69, 9.17) is 32.7 Å². The summed E-state index contributed by atoms with van der Waals surface area (Å²) in [5.41, 5.74) is 3.39. The molecule has 0 heterocycles. The Morgan fingerprint density at radius 2 is 1.48 bits per heavy atom. The van der Waals surface area contributed by atoms with Crippen LogP contribution in [0.4, 0.5) is 5.69 Å². The Kier molecular flexibility index (Phi) is 8.01. The summed E-state index contributed by atoms with van der Waals surface area (Å²) in [7, 11) is 1.42. The van der Waals surface area contributed by atoms with Crippen LogP contribution in [-0.2, 0) is 9.59 Å². The Labute approximate surface area is 199 Å². The number of nitrogens with zero attached hydrogens (tertiary/aromatic N) is 1. The quantitative estimate of drug-likeness (QED) is 0.178. The first-order valence-electron chi connectivity index (χ1n) is 9.41. The van der Waals surface area contributed by atoms with E-state index in [0.717, 1.165) is 0 Å². The topological polar surface area (TPSA) is 106 Å². The van der Waals surface area contributed by atoms with Gasteiger partial charge in [-0.3, -0.25) is 9.59 Å². The number of anilines is 1. The highest BCUT2D eigenvalue weighted by Gasteiger charge is 2.14. The summed E-state index contributed by atoms with van der Waals surface area (Å²) >= 11 is 11.6. The summed E-state index contributed by atoms with van der Waals surface area (Å²) in [6, 6.07) is 17.2. The zero-order valence-corrected chi connectivity index (χ0v) is 18.7. The monoisotopic (exact) mass is 485 g/mol. The summed E-state index contributed by atoms with van der Waals surface area (Å²) in [4.78, 5) is 36.1. The number of carbonyl (C=O) groups excluding carboxylic acids is 3. The van der Waals surface area contributed by atoms with Crippen molar-refractivity contribution >= 4 is 52.9 Å². The highest BCUT2D eigenvalue weighted by molar-refractivity contribution is 6.39. The van der Waals surface area contributed by atoms with E-state index in [1.54, 1.807) is 60.7 Å². The van der Waals surface area contributed by atoms with E-state index in [2.05, 4.69) is 15.8 Å². The number of hydrazone groups is 1. The number of methoxy groups -OCH3 is 1. The lowest BCUT2D eigenvalue weighted by molar-refractivity contribution is -0.136. The Bertz CT molecular complexity index is 1200. The van der Waals surface area contributed by atoms with Crippen LogP contribution >= 0.6 is 23.2 Å². The van der Waals surface area contributed by atoms with Gasteiger partial charge in [-0.15, -0.1) is 0 Å². The second-order valence-corrected chi connectivity index (χ2v) is 7.34. The second-order valence-electron chi connectivity index (χ2n) is 6.47. The third-order valence-corrected chi connectivity index (χ3v) is 4.66. The van der Waals surface area contributed by atoms with Crippen molar-refractivity contribution in [1.29, 1.82) is 0 Å². The maximum atomic E-state index is 12.3. The summed E-state index contributed by atoms with van der Waals surface area (Å²) in [5, 5.41) is 7.18. The second kappa shape index (κ2) is 11.1. The predicted octanol–water partition coefficient (Wildman–Crippen LogP) is 4.31. The molecule has 0 bridgehead atoms. The standard InChI is InChI=1S/C23H17Cl2N3O5/c1-32-20-12-14(2-11-19(20)33-23(31)15-3-5-16(24)6-4-15)13-26-28-22(30)21(29)27-18-9-7-17(25)8-10-18/h2-13H,1H3,(H,27,29)(H,28,30). The number of hydrogen-bond donors (Lipinski definition) is 2. The lowest BCUT2D eigenvalue weighted by atomic mass is 10.2. The largest absolute Gasteiger partial charge is 0.493 e. The molecule has 10 heteroatoms. The van der Waals surface area contributed by atoms with Crippen molar-refractivity contribution in [3.05, 3.63) is 87.9 Å². The highest BCUT2D eigenvalue weighted by Crippen LogP contribution is 2.28. The molecule has 0 saturated heterocycles. The van der Waals surface area contributed by atoms with Crippen LogP contribution in [0.25, 0.3) is 0 Å². The number of ether oxygens (including phenoxy) is 2. The first-order valence-corrected chi connectivity index (χ1v) is 10.2. The first-order chi connectivity index (χ1) is 15.9. The van der Waals surface area contributed by atoms with Crippen LogP contribution in [0.15, 0.2) is 71.8 Å². The normalized spacial score (nSPS) is 10.5. The lowest BCUT2D eigenvalue weighted by Crippen LogP contribution is -2.32. The van der Waals surface area contributed by atoms with Crippen molar-refractivity contribution < 1.29 is 23.9 Å². The molecule has 3 rings (SSSR count). The van der Waals surface area contributed by atoms with Crippen LogP contribution in [0.3, 0.4) is 0 Å². The SMILES string of the molecule is COc1cc(C=NNC(=O)C(=O)Nc2ccc(Cl)cc2)ccc1OC(=O)c1ccc(Cl)cc1. The van der Waals surface area contributed by atoms with E-state index in [1.165, 1.54) is 19.4 Å². The molecular weight excluding hydrogens is 469 g/mol. The van der Waals surface area contributed by atoms with E-state index in [-0.39, 0.29) is 11.5 Å². The van der Waals surface area contributed by atoms with Crippen LogP contribution in [0.2, 0.25) is 10.0 Å². The summed E-state index contributed by atoms with van der Waals surface area (Å²) in [6.07, 6.45) is 1.31. The minimum atomic E-state index is -0.957. The zero-order chi connectivity index (χ0) is 23.8. The van der Waals surface area contributed by atoms with Crippen LogP contribution in [0, 0.1) is 0 Å². The Morgan fingerprint density at radius 3 is 2.12 bits per heavy atom. The molecule has 0 aliphatic heterocycles. The van der Waals surface area contributed by atoms with Gasteiger partial charge in [0.2, 0.25) is 0 Å². The molecule has 8 nitrogen and oxygen atoms in total. The fraction of sp³-hybridized carbons (Fsp3) is 0.0435. The van der Waals surface area contributed by atoms with Crippen molar-refractivity contribution in [3.8, 4) is 11.5 Å². The van der Waals surface area contributed by atoms with E-state index >= 15 is 0 Å². The Morgan fingerprint density at radius 1 is 0.848 bits per heavy atom. The number of hydrogen-bond acceptors (Lipinski definition) is 6. The number of amides is 2. The Balaban J connectivity index is 1.59. The van der Waals surface area contributed by atoms with Crippen LogP contribution in [0.1, 0.15) is 15.9 Å². The molecule has 3 aromatic carbocycles. The van der Waals surface area contributed by atoms with Gasteiger partial charge in [-0.1, -0.05) is 23.2 Å². The molecule has 0 radical (unpaired) electrons. The van der Waals surface area contributed by atoms with Gasteiger partial charge in [0.1, 0.15) is 0 Å². The number of nitrogens with one attached hydrogen (secondary N) is 2. The number of benzene rings is 3. The van der Waals surface area contributed by atoms with Gasteiger partial charge in [0, 0.05) is 15.7 Å². The fourth-order valence-electron chi connectivity index (χ4n) is 2.53. The molecule has 168 valence electrons. The van der Waals surface area contributed by atoms with Gasteiger partial charge in [-0.2, -0.15) is 5.10 Å². The predicted molar refractivity (Wildman–Crippen MR) is 125 cm³/mol. The summed E-state index contributed by atoms with van der Waals surface area (Å²) in [6.45, 7) is 0. The van der Waals surface area contributed by atoms with E-state index in [9.17, 15) is 14.4 Å². The van der Waals surface area contributed by atoms with Crippen LogP contribution in [-0.4, -0.2) is 31.1 Å². The van der Waals surface area contributed by atoms with Gasteiger partial charge in [0.15, 0.2) is 11.5 Å². The van der Waals surface area contributed by atoms with Gasteiger partial charge < -0.3 is 14.8 Å². The van der Waals surface area contributed by atoms with Gasteiger partial charge in [-0.05, 0) is 72.3 Å². The van der Waals surface area contributed by atoms with Gasteiger partial charge in [0.05, 0.1) is 18.9 Å². The molecule has 0 spiro atoms. The average molecular weight is 486 g/mol. The molecule has 0 unspecified atom stereocenters. The molecule has 0 aliphatic carbocycles. The van der Waals surface area contributed by atoms with Crippen molar-refractivity contribution in [3.63, 3.8) is 0 Å². The lowest BCUT2D eigenvalue weighted by Gasteiger charge is -2.10. The number of halogens is 2. The minimum Gasteiger partial charge on any atom is -0.493 e. The van der Waals surface area contributed by atoms with Gasteiger partial charge in [-0.25, -0.2) is 10.2 Å². The van der Waals surface area contributed by atoms with E-state index in [1.807, 2.05) is 0 Å². The highest BCUT2D eigenvalue weighted by atomic mass is 35.5. The van der Waals surface area contributed by atoms with Crippen molar-refractivity contribution in [1.82, 2.24) is 5.43 Å². The maximum Gasteiger partial charge on any atom is 0.343 e. The molecule has 0 aromatic heterocycles. The molecular formula is C23H17Cl2N3O5. The van der Waals surface area contributed by atoms with Crippen molar-refractivity contribution in [2.45, 2.75) is 0 Å². The van der Waals surface area contributed by atoms with E-state index < -0.39 is 17.8 Å². The molecule has 0 fully saturated rings. The number of carbonyl (C=O) groups is 3. The molecule has 0 aliphatic rings. The van der Waals surface area contributed by atoms with Gasteiger partial charge in [0.25, 0.3) is 0 Å². The maximum absolute atomic E-state index is 12.3.